The highest BCUT2D eigenvalue weighted by molar-refractivity contribution is 7.10. The number of carbonyl (C=O) groups excluding carboxylic acids is 2. The van der Waals surface area contributed by atoms with Crippen LogP contribution in [0.3, 0.4) is 0 Å². The summed E-state index contributed by atoms with van der Waals surface area (Å²) in [6.45, 7) is 4.04. The van der Waals surface area contributed by atoms with E-state index >= 15 is 0 Å². The second-order valence-electron chi connectivity index (χ2n) is 7.10. The molecule has 2 N–H and O–H groups in total. The number of nitrogens with one attached hydrogen (secondary N) is 2. The van der Waals surface area contributed by atoms with Crippen LogP contribution in [0.25, 0.3) is 6.08 Å². The van der Waals surface area contributed by atoms with Crippen LogP contribution in [0.4, 0.5) is 0 Å². The molecule has 0 bridgehead atoms. The Balaban J connectivity index is 1.81. The Labute approximate surface area is 186 Å². The Bertz CT molecular complexity index is 1040. The summed E-state index contributed by atoms with van der Waals surface area (Å²) in [4.78, 5) is 26.8. The van der Waals surface area contributed by atoms with Crippen LogP contribution < -0.4 is 15.4 Å². The van der Waals surface area contributed by atoms with E-state index < -0.39 is 0 Å². The molecule has 0 radical (unpaired) electrons. The van der Waals surface area contributed by atoms with E-state index in [9.17, 15) is 9.59 Å². The number of thiophene rings is 1. The Morgan fingerprint density at radius 3 is 2.35 bits per heavy atom. The van der Waals surface area contributed by atoms with Gasteiger partial charge in [-0.3, -0.25) is 9.59 Å². The van der Waals surface area contributed by atoms with Crippen molar-refractivity contribution < 1.29 is 14.3 Å². The molecule has 0 aliphatic heterocycles. The quantitative estimate of drug-likeness (QED) is 0.485. The van der Waals surface area contributed by atoms with Crippen molar-refractivity contribution in [2.75, 3.05) is 7.11 Å². The maximum atomic E-state index is 13.1. The molecule has 1 atom stereocenters. The van der Waals surface area contributed by atoms with Gasteiger partial charge in [-0.15, -0.1) is 11.3 Å². The fraction of sp³-hybridized carbons (Fsp3) is 0.200. The molecule has 2 amide bonds. The molecule has 6 heteroatoms. The number of hydrogen-bond donors (Lipinski definition) is 2. The molecule has 1 heterocycles. The highest BCUT2D eigenvalue weighted by Crippen LogP contribution is 2.19. The molecule has 0 fully saturated rings. The number of methoxy groups -OCH3 is 1. The minimum absolute atomic E-state index is 0.155. The van der Waals surface area contributed by atoms with Gasteiger partial charge in [0.15, 0.2) is 0 Å². The maximum absolute atomic E-state index is 13.1. The summed E-state index contributed by atoms with van der Waals surface area (Å²) in [5.74, 6) is -0.0285. The van der Waals surface area contributed by atoms with Crippen molar-refractivity contribution in [3.05, 3.63) is 93.3 Å². The third-order valence-electron chi connectivity index (χ3n) is 4.87. The topological polar surface area (TPSA) is 67.4 Å². The average Bonchev–Trinajstić information content (AvgIpc) is 3.30. The van der Waals surface area contributed by atoms with E-state index in [1.54, 1.807) is 37.5 Å². The Kier molecular flexibility index (Phi) is 7.62. The molecule has 0 spiro atoms. The van der Waals surface area contributed by atoms with Gasteiger partial charge in [0.1, 0.15) is 11.4 Å². The largest absolute Gasteiger partial charge is 0.497 e. The first-order valence-corrected chi connectivity index (χ1v) is 11.0. The standard InChI is InChI=1S/C25H26N2O3S/c1-4-22(18-9-7-17(2)8-10-18)26-25(29)23(16-21-6-5-15-31-21)27-24(28)19-11-13-20(30-3)14-12-19/h5-16,22H,4H2,1-3H3,(H,26,29)(H,27,28)/b23-16-/t22-/m0/s1. The molecule has 5 nitrogen and oxygen atoms in total. The first kappa shape index (κ1) is 22.3. The molecule has 0 unspecified atom stereocenters. The van der Waals surface area contributed by atoms with Gasteiger partial charge >= 0.3 is 0 Å². The van der Waals surface area contributed by atoms with E-state index in [-0.39, 0.29) is 23.6 Å². The van der Waals surface area contributed by atoms with Crippen LogP contribution in [0, 0.1) is 6.92 Å². The lowest BCUT2D eigenvalue weighted by Crippen LogP contribution is -2.36. The highest BCUT2D eigenvalue weighted by Gasteiger charge is 2.19. The van der Waals surface area contributed by atoms with Crippen molar-refractivity contribution in [2.45, 2.75) is 26.3 Å². The molecule has 0 saturated heterocycles. The van der Waals surface area contributed by atoms with Gasteiger partial charge in [-0.2, -0.15) is 0 Å². The van der Waals surface area contributed by atoms with Crippen LogP contribution in [0.2, 0.25) is 0 Å². The van der Waals surface area contributed by atoms with Crippen LogP contribution in [0.5, 0.6) is 5.75 Å². The number of amides is 2. The van der Waals surface area contributed by atoms with Gasteiger partial charge in [-0.05, 0) is 60.7 Å². The van der Waals surface area contributed by atoms with Crippen molar-refractivity contribution in [1.29, 1.82) is 0 Å². The SMILES string of the molecule is CC[C@H](NC(=O)/C(=C/c1cccs1)NC(=O)c1ccc(OC)cc1)c1ccc(C)cc1. The minimum Gasteiger partial charge on any atom is -0.497 e. The number of hydrogen-bond acceptors (Lipinski definition) is 4. The lowest BCUT2D eigenvalue weighted by Gasteiger charge is -2.19. The predicted octanol–water partition coefficient (Wildman–Crippen LogP) is 5.10. The zero-order valence-corrected chi connectivity index (χ0v) is 18.7. The molecular weight excluding hydrogens is 408 g/mol. The van der Waals surface area contributed by atoms with Crippen molar-refractivity contribution in [3.63, 3.8) is 0 Å². The molecule has 3 rings (SSSR count). The smallest absolute Gasteiger partial charge is 0.268 e. The predicted molar refractivity (Wildman–Crippen MR) is 125 cm³/mol. The van der Waals surface area contributed by atoms with Gasteiger partial charge in [-0.1, -0.05) is 42.8 Å². The van der Waals surface area contributed by atoms with Crippen LogP contribution in [-0.4, -0.2) is 18.9 Å². The Morgan fingerprint density at radius 2 is 1.77 bits per heavy atom. The summed E-state index contributed by atoms with van der Waals surface area (Å²) in [6, 6.07) is 18.5. The van der Waals surface area contributed by atoms with E-state index in [0.29, 0.717) is 11.3 Å². The summed E-state index contributed by atoms with van der Waals surface area (Å²) in [5, 5.41) is 7.75. The molecule has 0 aliphatic carbocycles. The summed E-state index contributed by atoms with van der Waals surface area (Å²) < 4.78 is 5.14. The zero-order chi connectivity index (χ0) is 22.2. The van der Waals surface area contributed by atoms with Crippen molar-refractivity contribution in [2.24, 2.45) is 0 Å². The molecule has 0 saturated carbocycles. The summed E-state index contributed by atoms with van der Waals surface area (Å²) in [7, 11) is 1.57. The summed E-state index contributed by atoms with van der Waals surface area (Å²) in [6.07, 6.45) is 2.43. The highest BCUT2D eigenvalue weighted by atomic mass is 32.1. The molecule has 3 aromatic rings. The fourth-order valence-corrected chi connectivity index (χ4v) is 3.72. The van der Waals surface area contributed by atoms with E-state index in [1.165, 1.54) is 11.3 Å². The molecule has 31 heavy (non-hydrogen) atoms. The molecule has 2 aromatic carbocycles. The Hall–Kier alpha value is -3.38. The minimum atomic E-state index is -0.357. The lowest BCUT2D eigenvalue weighted by molar-refractivity contribution is -0.118. The molecule has 160 valence electrons. The van der Waals surface area contributed by atoms with Crippen LogP contribution in [0.15, 0.2) is 71.7 Å². The number of rotatable bonds is 8. The van der Waals surface area contributed by atoms with Crippen LogP contribution in [0.1, 0.15) is 45.7 Å². The number of ether oxygens (including phenoxy) is 1. The molecular formula is C25H26N2O3S. The van der Waals surface area contributed by atoms with E-state index in [4.69, 9.17) is 4.74 Å². The van der Waals surface area contributed by atoms with E-state index in [2.05, 4.69) is 10.6 Å². The summed E-state index contributed by atoms with van der Waals surface area (Å²) in [5.41, 5.74) is 2.83. The van der Waals surface area contributed by atoms with Crippen LogP contribution >= 0.6 is 11.3 Å². The second kappa shape index (κ2) is 10.6. The van der Waals surface area contributed by atoms with Crippen molar-refractivity contribution in [1.82, 2.24) is 10.6 Å². The monoisotopic (exact) mass is 434 g/mol. The second-order valence-corrected chi connectivity index (χ2v) is 8.08. The fourth-order valence-electron chi connectivity index (χ4n) is 3.07. The van der Waals surface area contributed by atoms with Crippen molar-refractivity contribution >= 4 is 29.2 Å². The third kappa shape index (κ3) is 6.06. The third-order valence-corrected chi connectivity index (χ3v) is 5.69. The first-order valence-electron chi connectivity index (χ1n) is 10.1. The van der Waals surface area contributed by atoms with Crippen molar-refractivity contribution in [3.8, 4) is 5.75 Å². The maximum Gasteiger partial charge on any atom is 0.268 e. The van der Waals surface area contributed by atoms with Gasteiger partial charge in [0.2, 0.25) is 0 Å². The average molecular weight is 435 g/mol. The van der Waals surface area contributed by atoms with Gasteiger partial charge in [-0.25, -0.2) is 0 Å². The zero-order valence-electron chi connectivity index (χ0n) is 17.8. The number of carbonyl (C=O) groups is 2. The number of benzene rings is 2. The van der Waals surface area contributed by atoms with Gasteiger partial charge in [0.25, 0.3) is 11.8 Å². The van der Waals surface area contributed by atoms with Gasteiger partial charge < -0.3 is 15.4 Å². The van der Waals surface area contributed by atoms with E-state index in [0.717, 1.165) is 22.4 Å². The van der Waals surface area contributed by atoms with Gasteiger partial charge in [0, 0.05) is 10.4 Å². The summed E-state index contributed by atoms with van der Waals surface area (Å²) >= 11 is 1.49. The normalized spacial score (nSPS) is 12.2. The molecule has 0 aliphatic rings. The molecule has 1 aromatic heterocycles. The first-order chi connectivity index (χ1) is 15.0. The van der Waals surface area contributed by atoms with E-state index in [1.807, 2.05) is 55.6 Å². The van der Waals surface area contributed by atoms with Gasteiger partial charge in [0.05, 0.1) is 13.2 Å². The number of aryl methyl sites for hydroxylation is 1. The lowest BCUT2D eigenvalue weighted by atomic mass is 10.0. The van der Waals surface area contributed by atoms with Crippen LogP contribution in [-0.2, 0) is 4.79 Å². The Morgan fingerprint density at radius 1 is 1.06 bits per heavy atom.